The van der Waals surface area contributed by atoms with Crippen LogP contribution in [0.5, 0.6) is 5.75 Å². The van der Waals surface area contributed by atoms with Gasteiger partial charge in [-0.05, 0) is 43.5 Å². The van der Waals surface area contributed by atoms with Crippen LogP contribution in [0.1, 0.15) is 30.8 Å². The zero-order valence-corrected chi connectivity index (χ0v) is 16.7. The summed E-state index contributed by atoms with van der Waals surface area (Å²) in [5, 5.41) is 5.35. The first kappa shape index (κ1) is 21.5. The molecule has 2 bridgehead atoms. The van der Waals surface area contributed by atoms with Crippen molar-refractivity contribution in [2.45, 2.75) is 37.5 Å². The van der Waals surface area contributed by atoms with Crippen LogP contribution in [0.4, 0.5) is 17.6 Å². The Kier molecular flexibility index (Phi) is 5.15. The van der Waals surface area contributed by atoms with Crippen LogP contribution in [0.25, 0.3) is 0 Å². The second kappa shape index (κ2) is 7.44. The fourth-order valence-corrected chi connectivity index (χ4v) is 4.31. The third kappa shape index (κ3) is 4.21. The van der Waals surface area contributed by atoms with E-state index in [0.29, 0.717) is 19.3 Å². The lowest BCUT2D eigenvalue weighted by atomic mass is 9.39. The molecule has 31 heavy (non-hydrogen) atoms. The van der Waals surface area contributed by atoms with E-state index in [-0.39, 0.29) is 35.6 Å². The number of hydrogen-bond acceptors (Lipinski definition) is 4. The second-order valence-corrected chi connectivity index (χ2v) is 8.36. The Morgan fingerprint density at radius 3 is 2.48 bits per heavy atom. The van der Waals surface area contributed by atoms with Crippen LogP contribution in [-0.4, -0.2) is 24.0 Å². The summed E-state index contributed by atoms with van der Waals surface area (Å²) in [6.45, 7) is -0.469. The molecule has 2 amide bonds. The number of nitrogens with one attached hydrogen (secondary N) is 2. The van der Waals surface area contributed by atoms with Gasteiger partial charge in [0.1, 0.15) is 17.3 Å². The molecule has 3 saturated carbocycles. The smallest absolute Gasteiger partial charge is 0.449 e. The van der Waals surface area contributed by atoms with Crippen molar-refractivity contribution in [3.05, 3.63) is 52.7 Å². The van der Waals surface area contributed by atoms with Gasteiger partial charge >= 0.3 is 6.18 Å². The number of furan rings is 1. The number of amides is 2. The van der Waals surface area contributed by atoms with Crippen molar-refractivity contribution in [1.82, 2.24) is 10.6 Å². The van der Waals surface area contributed by atoms with E-state index in [0.717, 1.165) is 12.1 Å². The van der Waals surface area contributed by atoms with Crippen molar-refractivity contribution in [2.24, 2.45) is 5.41 Å². The van der Waals surface area contributed by atoms with Crippen molar-refractivity contribution < 1.29 is 36.3 Å². The van der Waals surface area contributed by atoms with Crippen molar-refractivity contribution in [2.75, 3.05) is 6.61 Å². The summed E-state index contributed by atoms with van der Waals surface area (Å²) in [6.07, 6.45) is -3.29. The van der Waals surface area contributed by atoms with E-state index < -0.39 is 34.6 Å². The van der Waals surface area contributed by atoms with Gasteiger partial charge in [0, 0.05) is 11.6 Å². The van der Waals surface area contributed by atoms with Gasteiger partial charge in [-0.15, -0.1) is 0 Å². The zero-order valence-electron chi connectivity index (χ0n) is 15.9. The molecule has 6 nitrogen and oxygen atoms in total. The lowest BCUT2D eigenvalue weighted by Crippen LogP contribution is -2.78. The average Bonchev–Trinajstić information content (AvgIpc) is 3.12. The predicted molar refractivity (Wildman–Crippen MR) is 99.6 cm³/mol. The summed E-state index contributed by atoms with van der Waals surface area (Å²) in [4.78, 5) is 24.5. The largest absolute Gasteiger partial charge is 0.484 e. The third-order valence-corrected chi connectivity index (χ3v) is 5.85. The summed E-state index contributed by atoms with van der Waals surface area (Å²) in [5.74, 6) is -2.30. The molecular weight excluding hydrogens is 444 g/mol. The van der Waals surface area contributed by atoms with Crippen LogP contribution >= 0.6 is 11.6 Å². The topological polar surface area (TPSA) is 80.6 Å². The van der Waals surface area contributed by atoms with E-state index in [1.165, 1.54) is 18.2 Å². The molecule has 0 spiro atoms. The average molecular weight is 461 g/mol. The molecule has 0 aliphatic heterocycles. The normalized spacial score (nSPS) is 24.0. The number of ether oxygens (including phenoxy) is 1. The standard InChI is InChI=1S/C20H17ClF4N2O4/c21-13-3-1-11(5-14(13)22)30-7-16(28)27-19-8-18(9-19,10-19)17(29)26-6-12-2-4-15(31-12)20(23,24)25/h1-5H,6-10H2,(H,26,29)(H,27,28). The number of rotatable bonds is 7. The fourth-order valence-electron chi connectivity index (χ4n) is 4.19. The highest BCUT2D eigenvalue weighted by Crippen LogP contribution is 2.67. The lowest BCUT2D eigenvalue weighted by Gasteiger charge is -2.69. The predicted octanol–water partition coefficient (Wildman–Crippen LogP) is 3.83. The van der Waals surface area contributed by atoms with Crippen LogP contribution in [-0.2, 0) is 22.3 Å². The first-order chi connectivity index (χ1) is 14.5. The van der Waals surface area contributed by atoms with Crippen LogP contribution in [0.2, 0.25) is 5.02 Å². The molecule has 2 N–H and O–H groups in total. The first-order valence-corrected chi connectivity index (χ1v) is 9.71. The number of carbonyl (C=O) groups excluding carboxylic acids is 2. The van der Waals surface area contributed by atoms with Gasteiger partial charge in [0.25, 0.3) is 5.91 Å². The molecular formula is C20H17ClF4N2O4. The quantitative estimate of drug-likeness (QED) is 0.615. The summed E-state index contributed by atoms with van der Waals surface area (Å²) in [6, 6.07) is 5.82. The van der Waals surface area contributed by atoms with Gasteiger partial charge in [-0.3, -0.25) is 9.59 Å². The molecule has 0 atom stereocenters. The van der Waals surface area contributed by atoms with Gasteiger partial charge in [0.2, 0.25) is 11.7 Å². The first-order valence-electron chi connectivity index (χ1n) is 9.33. The van der Waals surface area contributed by atoms with Gasteiger partial charge < -0.3 is 19.8 Å². The molecule has 3 aliphatic rings. The number of hydrogen-bond donors (Lipinski definition) is 2. The minimum absolute atomic E-state index is 0.00562. The molecule has 5 rings (SSSR count). The molecule has 0 saturated heterocycles. The van der Waals surface area contributed by atoms with Crippen molar-refractivity contribution in [3.8, 4) is 5.75 Å². The van der Waals surface area contributed by atoms with E-state index in [9.17, 15) is 27.2 Å². The minimum Gasteiger partial charge on any atom is -0.484 e. The molecule has 3 aliphatic carbocycles. The Labute approximate surface area is 178 Å². The van der Waals surface area contributed by atoms with Crippen molar-refractivity contribution in [3.63, 3.8) is 0 Å². The maximum Gasteiger partial charge on any atom is 0.449 e. The molecule has 1 heterocycles. The summed E-state index contributed by atoms with van der Waals surface area (Å²) >= 11 is 5.58. The molecule has 2 aromatic rings. The summed E-state index contributed by atoms with van der Waals surface area (Å²) in [5.41, 5.74) is -1.12. The van der Waals surface area contributed by atoms with E-state index in [1.807, 2.05) is 0 Å². The highest BCUT2D eigenvalue weighted by Gasteiger charge is 2.72. The van der Waals surface area contributed by atoms with Crippen LogP contribution in [0.3, 0.4) is 0 Å². The number of carbonyl (C=O) groups is 2. The van der Waals surface area contributed by atoms with Crippen LogP contribution < -0.4 is 15.4 Å². The number of alkyl halides is 3. The van der Waals surface area contributed by atoms with Gasteiger partial charge in [0.15, 0.2) is 6.61 Å². The van der Waals surface area contributed by atoms with Crippen LogP contribution in [0, 0.1) is 11.2 Å². The van der Waals surface area contributed by atoms with Crippen molar-refractivity contribution >= 4 is 23.4 Å². The van der Waals surface area contributed by atoms with E-state index >= 15 is 0 Å². The molecule has 3 fully saturated rings. The Bertz CT molecular complexity index is 1020. The van der Waals surface area contributed by atoms with Gasteiger partial charge in [0.05, 0.1) is 17.0 Å². The monoisotopic (exact) mass is 460 g/mol. The Morgan fingerprint density at radius 1 is 1.16 bits per heavy atom. The van der Waals surface area contributed by atoms with Gasteiger partial charge in [-0.25, -0.2) is 4.39 Å². The van der Waals surface area contributed by atoms with E-state index in [1.54, 1.807) is 0 Å². The molecule has 0 radical (unpaired) electrons. The molecule has 166 valence electrons. The zero-order chi connectivity index (χ0) is 22.4. The number of benzene rings is 1. The fraction of sp³-hybridized carbons (Fsp3) is 0.400. The highest BCUT2D eigenvalue weighted by atomic mass is 35.5. The molecule has 1 aromatic carbocycles. The summed E-state index contributed by atoms with van der Waals surface area (Å²) in [7, 11) is 0. The van der Waals surface area contributed by atoms with Gasteiger partial charge in [-0.1, -0.05) is 11.6 Å². The molecule has 11 heteroatoms. The van der Waals surface area contributed by atoms with E-state index in [4.69, 9.17) is 16.3 Å². The maximum atomic E-state index is 13.4. The molecule has 0 unspecified atom stereocenters. The second-order valence-electron chi connectivity index (χ2n) is 7.95. The van der Waals surface area contributed by atoms with Crippen LogP contribution in [0.15, 0.2) is 34.7 Å². The van der Waals surface area contributed by atoms with Gasteiger partial charge in [-0.2, -0.15) is 13.2 Å². The minimum atomic E-state index is -4.58. The summed E-state index contributed by atoms with van der Waals surface area (Å²) < 4.78 is 60.9. The highest BCUT2D eigenvalue weighted by molar-refractivity contribution is 6.30. The SMILES string of the molecule is O=C(COc1ccc(Cl)c(F)c1)NC12CC(C(=O)NCc3ccc(C(F)(F)F)o3)(C1)C2. The lowest BCUT2D eigenvalue weighted by molar-refractivity contribution is -0.184. The Hall–Kier alpha value is -2.75. The van der Waals surface area contributed by atoms with E-state index in [2.05, 4.69) is 15.1 Å². The van der Waals surface area contributed by atoms with Crippen molar-refractivity contribution in [1.29, 1.82) is 0 Å². The maximum absolute atomic E-state index is 13.4. The Morgan fingerprint density at radius 2 is 1.87 bits per heavy atom. The number of halogens is 5. The Balaban J connectivity index is 1.21. The molecule has 1 aromatic heterocycles. The third-order valence-electron chi connectivity index (χ3n) is 5.54.